The quantitative estimate of drug-likeness (QED) is 0.506. The topological polar surface area (TPSA) is 20.2 Å². The lowest BCUT2D eigenvalue weighted by Crippen LogP contribution is -2.51. The third kappa shape index (κ3) is 0.576. The normalized spacial score (nSPS) is 43.5. The summed E-state index contributed by atoms with van der Waals surface area (Å²) in [5, 5.41) is 9.44. The van der Waals surface area contributed by atoms with Crippen molar-refractivity contribution >= 4 is 0 Å². The van der Waals surface area contributed by atoms with Crippen LogP contribution in [0.5, 0.6) is 0 Å². The van der Waals surface area contributed by atoms with Crippen LogP contribution in [0.2, 0.25) is 0 Å². The van der Waals surface area contributed by atoms with Crippen LogP contribution in [-0.4, -0.2) is 10.7 Å². The molecule has 1 N–H and O–H groups in total. The molecule has 0 amide bonds. The minimum absolute atomic E-state index is 0.174. The van der Waals surface area contributed by atoms with Gasteiger partial charge in [-0.2, -0.15) is 0 Å². The molecule has 0 saturated heterocycles. The SMILES string of the molecule is CC1(C)CCC1(C)O. The van der Waals surface area contributed by atoms with Gasteiger partial charge in [0, 0.05) is 0 Å². The van der Waals surface area contributed by atoms with Gasteiger partial charge in [-0.05, 0) is 25.2 Å². The molecular weight excluding hydrogens is 100 g/mol. The van der Waals surface area contributed by atoms with Crippen LogP contribution in [0.25, 0.3) is 0 Å². The summed E-state index contributed by atoms with van der Waals surface area (Å²) < 4.78 is 0. The van der Waals surface area contributed by atoms with Crippen molar-refractivity contribution in [3.05, 3.63) is 0 Å². The molecule has 8 heavy (non-hydrogen) atoms. The van der Waals surface area contributed by atoms with E-state index in [1.54, 1.807) is 0 Å². The molecule has 0 spiro atoms. The van der Waals surface area contributed by atoms with Crippen LogP contribution < -0.4 is 0 Å². The van der Waals surface area contributed by atoms with Gasteiger partial charge in [0.05, 0.1) is 5.60 Å². The Morgan fingerprint density at radius 1 is 1.12 bits per heavy atom. The van der Waals surface area contributed by atoms with Crippen molar-refractivity contribution in [3.8, 4) is 0 Å². The molecule has 0 heterocycles. The van der Waals surface area contributed by atoms with Crippen LogP contribution in [0.1, 0.15) is 33.6 Å². The van der Waals surface area contributed by atoms with E-state index in [9.17, 15) is 5.11 Å². The summed E-state index contributed by atoms with van der Waals surface area (Å²) in [5.74, 6) is 0. The summed E-state index contributed by atoms with van der Waals surface area (Å²) in [4.78, 5) is 0. The van der Waals surface area contributed by atoms with Gasteiger partial charge in [-0.25, -0.2) is 0 Å². The maximum absolute atomic E-state index is 9.44. The number of hydrogen-bond acceptors (Lipinski definition) is 1. The van der Waals surface area contributed by atoms with Crippen LogP contribution in [0, 0.1) is 5.41 Å². The third-order valence-electron chi connectivity index (χ3n) is 2.69. The van der Waals surface area contributed by atoms with Gasteiger partial charge in [0.15, 0.2) is 0 Å². The van der Waals surface area contributed by atoms with Crippen molar-refractivity contribution < 1.29 is 5.11 Å². The van der Waals surface area contributed by atoms with E-state index >= 15 is 0 Å². The second kappa shape index (κ2) is 1.27. The molecule has 48 valence electrons. The predicted molar refractivity (Wildman–Crippen MR) is 33.6 cm³/mol. The van der Waals surface area contributed by atoms with Crippen molar-refractivity contribution in [1.29, 1.82) is 0 Å². The van der Waals surface area contributed by atoms with Gasteiger partial charge < -0.3 is 5.11 Å². The van der Waals surface area contributed by atoms with Crippen molar-refractivity contribution in [2.24, 2.45) is 5.41 Å². The first-order chi connectivity index (χ1) is 3.46. The van der Waals surface area contributed by atoms with Crippen molar-refractivity contribution in [1.82, 2.24) is 0 Å². The minimum atomic E-state index is -0.382. The molecule has 1 aliphatic carbocycles. The number of hydrogen-bond donors (Lipinski definition) is 1. The summed E-state index contributed by atoms with van der Waals surface area (Å²) in [7, 11) is 0. The third-order valence-corrected chi connectivity index (χ3v) is 2.69. The fourth-order valence-electron chi connectivity index (χ4n) is 0.987. The molecule has 1 rings (SSSR count). The lowest BCUT2D eigenvalue weighted by Gasteiger charge is -2.50. The Kier molecular flexibility index (Phi) is 0.965. The molecule has 1 fully saturated rings. The molecule has 0 aromatic heterocycles. The van der Waals surface area contributed by atoms with Gasteiger partial charge in [-0.15, -0.1) is 0 Å². The van der Waals surface area contributed by atoms with Gasteiger partial charge in [0.25, 0.3) is 0 Å². The van der Waals surface area contributed by atoms with Gasteiger partial charge >= 0.3 is 0 Å². The van der Waals surface area contributed by atoms with Crippen LogP contribution in [0.15, 0.2) is 0 Å². The van der Waals surface area contributed by atoms with E-state index in [1.165, 1.54) is 6.42 Å². The Balaban J connectivity index is 2.63. The first-order valence-corrected chi connectivity index (χ1v) is 3.18. The van der Waals surface area contributed by atoms with Gasteiger partial charge in [0.2, 0.25) is 0 Å². The lowest BCUT2D eigenvalue weighted by atomic mass is 9.60. The number of rotatable bonds is 0. The summed E-state index contributed by atoms with van der Waals surface area (Å²) >= 11 is 0. The second-order valence-electron chi connectivity index (χ2n) is 3.66. The molecule has 1 atom stereocenters. The van der Waals surface area contributed by atoms with Gasteiger partial charge in [-0.3, -0.25) is 0 Å². The highest BCUT2D eigenvalue weighted by Gasteiger charge is 2.47. The average molecular weight is 114 g/mol. The maximum Gasteiger partial charge on any atom is 0.0670 e. The van der Waals surface area contributed by atoms with E-state index < -0.39 is 0 Å². The second-order valence-corrected chi connectivity index (χ2v) is 3.66. The van der Waals surface area contributed by atoms with Crippen molar-refractivity contribution in [2.45, 2.75) is 39.2 Å². The lowest BCUT2D eigenvalue weighted by molar-refractivity contribution is -0.133. The molecule has 1 aliphatic rings. The summed E-state index contributed by atoms with van der Waals surface area (Å²) in [6, 6.07) is 0. The van der Waals surface area contributed by atoms with Crippen LogP contribution in [0.3, 0.4) is 0 Å². The smallest absolute Gasteiger partial charge is 0.0670 e. The van der Waals surface area contributed by atoms with Crippen LogP contribution in [0.4, 0.5) is 0 Å². The summed E-state index contributed by atoms with van der Waals surface area (Å²) in [6.45, 7) is 6.13. The zero-order valence-corrected chi connectivity index (χ0v) is 5.86. The molecule has 1 heteroatoms. The van der Waals surface area contributed by atoms with E-state index in [-0.39, 0.29) is 11.0 Å². The molecular formula is C7H14O. The Morgan fingerprint density at radius 2 is 1.50 bits per heavy atom. The molecule has 0 aliphatic heterocycles. The highest BCUT2D eigenvalue weighted by molar-refractivity contribution is 4.99. The Bertz CT molecular complexity index is 89.0. The maximum atomic E-state index is 9.44. The van der Waals surface area contributed by atoms with Gasteiger partial charge in [-0.1, -0.05) is 13.8 Å². The first-order valence-electron chi connectivity index (χ1n) is 3.18. The Morgan fingerprint density at radius 3 is 1.50 bits per heavy atom. The fourth-order valence-corrected chi connectivity index (χ4v) is 0.987. The zero-order chi connectivity index (χ0) is 6.41. The van der Waals surface area contributed by atoms with Gasteiger partial charge in [0.1, 0.15) is 0 Å². The monoisotopic (exact) mass is 114 g/mol. The first kappa shape index (κ1) is 6.09. The molecule has 0 aromatic rings. The highest BCUT2D eigenvalue weighted by Crippen LogP contribution is 2.48. The Labute approximate surface area is 50.7 Å². The standard InChI is InChI=1S/C7H14O/c1-6(2)4-5-7(6,3)8/h8H,4-5H2,1-3H3. The van der Waals surface area contributed by atoms with E-state index in [4.69, 9.17) is 0 Å². The summed E-state index contributed by atoms with van der Waals surface area (Å²) in [6.07, 6.45) is 2.14. The zero-order valence-electron chi connectivity index (χ0n) is 5.86. The molecule has 0 radical (unpaired) electrons. The van der Waals surface area contributed by atoms with Crippen molar-refractivity contribution in [2.75, 3.05) is 0 Å². The number of aliphatic hydroxyl groups is 1. The largest absolute Gasteiger partial charge is 0.390 e. The van der Waals surface area contributed by atoms with Crippen LogP contribution >= 0.6 is 0 Å². The Hall–Kier alpha value is -0.0400. The van der Waals surface area contributed by atoms with E-state index in [2.05, 4.69) is 13.8 Å². The van der Waals surface area contributed by atoms with E-state index in [0.29, 0.717) is 0 Å². The molecule has 0 aromatic carbocycles. The van der Waals surface area contributed by atoms with Crippen LogP contribution in [-0.2, 0) is 0 Å². The van der Waals surface area contributed by atoms with E-state index in [1.807, 2.05) is 6.92 Å². The predicted octanol–water partition coefficient (Wildman–Crippen LogP) is 1.56. The molecule has 0 bridgehead atoms. The summed E-state index contributed by atoms with van der Waals surface area (Å²) in [5.41, 5.74) is -0.208. The highest BCUT2D eigenvalue weighted by atomic mass is 16.3. The average Bonchev–Trinajstić information content (AvgIpc) is 1.64. The molecule has 1 saturated carbocycles. The minimum Gasteiger partial charge on any atom is -0.390 e. The van der Waals surface area contributed by atoms with E-state index in [0.717, 1.165) is 6.42 Å². The molecule has 1 nitrogen and oxygen atoms in total. The fraction of sp³-hybridized carbons (Fsp3) is 1.00. The molecule has 1 unspecified atom stereocenters. The van der Waals surface area contributed by atoms with Crippen molar-refractivity contribution in [3.63, 3.8) is 0 Å².